The van der Waals surface area contributed by atoms with E-state index < -0.39 is 18.1 Å². The van der Waals surface area contributed by atoms with E-state index >= 15 is 0 Å². The minimum atomic E-state index is -5.21. The van der Waals surface area contributed by atoms with E-state index in [4.69, 9.17) is 0 Å². The molecule has 104 valence electrons. The molecule has 9 heteroatoms. The number of carbonyl (C=O) groups excluding carboxylic acids is 2. The summed E-state index contributed by atoms with van der Waals surface area (Å²) in [6.07, 6.45) is -3.87. The monoisotopic (exact) mass is 277 g/mol. The summed E-state index contributed by atoms with van der Waals surface area (Å²) in [5.74, 6) is -3.94. The van der Waals surface area contributed by atoms with E-state index in [0.29, 0.717) is 12.2 Å². The summed E-state index contributed by atoms with van der Waals surface area (Å²) in [6, 6.07) is 0.155. The minimum Gasteiger partial charge on any atom is -0.381 e. The lowest BCUT2D eigenvalue weighted by Gasteiger charge is -2.22. The lowest BCUT2D eigenvalue weighted by atomic mass is 10.2. The first kappa shape index (κ1) is 13.5. The van der Waals surface area contributed by atoms with Gasteiger partial charge in [-0.1, -0.05) is 0 Å². The third-order valence-electron chi connectivity index (χ3n) is 2.64. The van der Waals surface area contributed by atoms with E-state index in [1.54, 1.807) is 4.57 Å². The molecule has 0 saturated carbocycles. The van der Waals surface area contributed by atoms with E-state index in [-0.39, 0.29) is 18.3 Å². The number of alkyl halides is 3. The van der Waals surface area contributed by atoms with Crippen LogP contribution in [0.25, 0.3) is 0 Å². The number of carbonyl (C=O) groups is 2. The molecule has 2 heterocycles. The van der Waals surface area contributed by atoms with Crippen molar-refractivity contribution in [2.24, 2.45) is 0 Å². The molecule has 0 fully saturated rings. The van der Waals surface area contributed by atoms with Crippen LogP contribution in [0, 0.1) is 0 Å². The van der Waals surface area contributed by atoms with E-state index in [2.05, 4.69) is 15.0 Å². The first-order valence-electron chi connectivity index (χ1n) is 5.39. The minimum absolute atomic E-state index is 0.155. The molecule has 0 spiro atoms. The van der Waals surface area contributed by atoms with Gasteiger partial charge in [0.25, 0.3) is 0 Å². The third-order valence-corrected chi connectivity index (χ3v) is 2.64. The summed E-state index contributed by atoms with van der Waals surface area (Å²) >= 11 is 0. The van der Waals surface area contributed by atoms with Gasteiger partial charge in [0.2, 0.25) is 0 Å². The van der Waals surface area contributed by atoms with Gasteiger partial charge in [0.15, 0.2) is 5.69 Å². The predicted molar refractivity (Wildman–Crippen MR) is 55.0 cm³/mol. The molecule has 6 nitrogen and oxygen atoms in total. The molecule has 0 bridgehead atoms. The van der Waals surface area contributed by atoms with E-state index in [9.17, 15) is 22.8 Å². The number of aromatic nitrogens is 2. The highest BCUT2D eigenvalue weighted by atomic mass is 19.4. The molecule has 1 aliphatic heterocycles. The number of esters is 2. The highest BCUT2D eigenvalue weighted by Crippen LogP contribution is 2.19. The Morgan fingerprint density at radius 3 is 2.84 bits per heavy atom. The van der Waals surface area contributed by atoms with Gasteiger partial charge >= 0.3 is 18.1 Å². The summed E-state index contributed by atoms with van der Waals surface area (Å²) < 4.78 is 41.3. The van der Waals surface area contributed by atoms with Crippen LogP contribution in [-0.2, 0) is 22.6 Å². The first-order chi connectivity index (χ1) is 8.79. The summed E-state index contributed by atoms with van der Waals surface area (Å²) in [7, 11) is 0. The van der Waals surface area contributed by atoms with Crippen LogP contribution in [-0.4, -0.2) is 33.7 Å². The molecular formula is C10H10F3N3O3. The Bertz CT molecular complexity index is 524. The molecule has 1 aromatic rings. The fraction of sp³-hybridized carbons (Fsp3) is 0.500. The van der Waals surface area contributed by atoms with Gasteiger partial charge in [-0.2, -0.15) is 13.2 Å². The van der Waals surface area contributed by atoms with Crippen molar-refractivity contribution < 1.29 is 27.5 Å². The molecule has 1 aromatic heterocycles. The average molecular weight is 277 g/mol. The molecule has 1 atom stereocenters. The number of ether oxygens (including phenoxy) is 1. The molecule has 1 N–H and O–H groups in total. The largest absolute Gasteiger partial charge is 0.491 e. The second-order valence-electron chi connectivity index (χ2n) is 4.15. The number of hydrogen-bond acceptors (Lipinski definition) is 5. The van der Waals surface area contributed by atoms with Gasteiger partial charge in [0.1, 0.15) is 0 Å². The highest BCUT2D eigenvalue weighted by molar-refractivity contribution is 5.97. The standard InChI is InChI=1S/C10H10F3N3O3/c1-5-3-16-4-15-7(6(16)2-14-5)8(17)19-9(18)10(11,12)13/h4-5,14H,2-3H2,1H3/t5-/m0/s1. The van der Waals surface area contributed by atoms with Gasteiger partial charge in [-0.25, -0.2) is 14.6 Å². The summed E-state index contributed by atoms with van der Waals surface area (Å²) in [6.45, 7) is 2.71. The van der Waals surface area contributed by atoms with Crippen LogP contribution < -0.4 is 5.32 Å². The molecule has 0 amide bonds. The zero-order chi connectivity index (χ0) is 14.2. The molecule has 0 aromatic carbocycles. The molecule has 19 heavy (non-hydrogen) atoms. The zero-order valence-electron chi connectivity index (χ0n) is 9.82. The Balaban J connectivity index is 2.15. The maximum absolute atomic E-state index is 12.0. The molecule has 0 aliphatic carbocycles. The van der Waals surface area contributed by atoms with Crippen LogP contribution in [0.3, 0.4) is 0 Å². The Hall–Kier alpha value is -1.90. The number of nitrogens with one attached hydrogen (secondary N) is 1. The van der Waals surface area contributed by atoms with E-state index in [1.807, 2.05) is 6.92 Å². The van der Waals surface area contributed by atoms with Gasteiger partial charge in [-0.15, -0.1) is 0 Å². The lowest BCUT2D eigenvalue weighted by Crippen LogP contribution is -2.37. The van der Waals surface area contributed by atoms with Crippen LogP contribution in [0.5, 0.6) is 0 Å². The smallest absolute Gasteiger partial charge is 0.381 e. The maximum Gasteiger partial charge on any atom is 0.491 e. The first-order valence-corrected chi connectivity index (χ1v) is 5.39. The van der Waals surface area contributed by atoms with Gasteiger partial charge in [-0.3, -0.25) is 0 Å². The predicted octanol–water partition coefficient (Wildman–Crippen LogP) is 0.621. The molecule has 0 unspecified atom stereocenters. The van der Waals surface area contributed by atoms with Crippen molar-refractivity contribution in [3.05, 3.63) is 17.7 Å². The summed E-state index contributed by atoms with van der Waals surface area (Å²) in [5.41, 5.74) is 0.120. The zero-order valence-corrected chi connectivity index (χ0v) is 9.82. The maximum atomic E-state index is 12.0. The average Bonchev–Trinajstić information content (AvgIpc) is 2.70. The Morgan fingerprint density at radius 1 is 1.53 bits per heavy atom. The van der Waals surface area contributed by atoms with Crippen molar-refractivity contribution in [2.75, 3.05) is 0 Å². The summed E-state index contributed by atoms with van der Waals surface area (Å²) in [4.78, 5) is 25.7. The number of halogens is 3. The van der Waals surface area contributed by atoms with E-state index in [1.165, 1.54) is 6.33 Å². The number of imidazole rings is 1. The van der Waals surface area contributed by atoms with Gasteiger partial charge in [-0.05, 0) is 6.92 Å². The molecule has 1 aliphatic rings. The third kappa shape index (κ3) is 2.75. The number of hydrogen-bond donors (Lipinski definition) is 1. The van der Waals surface area contributed by atoms with Crippen LogP contribution >= 0.6 is 0 Å². The topological polar surface area (TPSA) is 73.2 Å². The molecular weight excluding hydrogens is 267 g/mol. The van der Waals surface area contributed by atoms with Crippen molar-refractivity contribution in [1.82, 2.24) is 14.9 Å². The SMILES string of the molecule is C[C@H]1Cn2cnc(C(=O)OC(=O)C(F)(F)F)c2CN1. The van der Waals surface area contributed by atoms with E-state index in [0.717, 1.165) is 0 Å². The van der Waals surface area contributed by atoms with Crippen molar-refractivity contribution in [2.45, 2.75) is 32.2 Å². The number of fused-ring (bicyclic) bond motifs is 1. The second kappa shape index (κ2) is 4.65. The van der Waals surface area contributed by atoms with Crippen LogP contribution in [0.1, 0.15) is 23.1 Å². The van der Waals surface area contributed by atoms with Gasteiger partial charge in [0, 0.05) is 19.1 Å². The van der Waals surface area contributed by atoms with Gasteiger partial charge < -0.3 is 14.6 Å². The van der Waals surface area contributed by atoms with Crippen molar-refractivity contribution >= 4 is 11.9 Å². The van der Waals surface area contributed by atoms with Crippen LogP contribution in [0.4, 0.5) is 13.2 Å². The second-order valence-corrected chi connectivity index (χ2v) is 4.15. The fourth-order valence-electron chi connectivity index (χ4n) is 1.74. The Kier molecular flexibility index (Phi) is 3.31. The lowest BCUT2D eigenvalue weighted by molar-refractivity contribution is -0.193. The fourth-order valence-corrected chi connectivity index (χ4v) is 1.74. The summed E-state index contributed by atoms with van der Waals surface area (Å²) in [5, 5.41) is 3.03. The molecule has 0 radical (unpaired) electrons. The van der Waals surface area contributed by atoms with Crippen LogP contribution in [0.2, 0.25) is 0 Å². The van der Waals surface area contributed by atoms with Gasteiger partial charge in [0.05, 0.1) is 12.0 Å². The normalized spacial score (nSPS) is 18.8. The number of rotatable bonds is 1. The van der Waals surface area contributed by atoms with Crippen molar-refractivity contribution in [1.29, 1.82) is 0 Å². The Labute approximate surface area is 105 Å². The molecule has 2 rings (SSSR count). The molecule has 0 saturated heterocycles. The van der Waals surface area contributed by atoms with Crippen LogP contribution in [0.15, 0.2) is 6.33 Å². The number of nitrogens with zero attached hydrogens (tertiary/aromatic N) is 2. The Morgan fingerprint density at radius 2 is 2.21 bits per heavy atom. The van der Waals surface area contributed by atoms with Crippen molar-refractivity contribution in [3.63, 3.8) is 0 Å². The quantitative estimate of drug-likeness (QED) is 0.601. The van der Waals surface area contributed by atoms with Crippen molar-refractivity contribution in [3.8, 4) is 0 Å². The highest BCUT2D eigenvalue weighted by Gasteiger charge is 2.43.